The van der Waals surface area contributed by atoms with Gasteiger partial charge in [-0.3, -0.25) is 0 Å². The molecule has 3 rings (SSSR count). The van der Waals surface area contributed by atoms with E-state index in [4.69, 9.17) is 11.6 Å². The van der Waals surface area contributed by atoms with E-state index >= 15 is 0 Å². The maximum Gasteiger partial charge on any atom is 0.417 e. The lowest BCUT2D eigenvalue weighted by Crippen LogP contribution is -2.36. The van der Waals surface area contributed by atoms with Gasteiger partial charge in [-0.05, 0) is 73.2 Å². The molecule has 196 valence electrons. The molecule has 12 heteroatoms. The van der Waals surface area contributed by atoms with Gasteiger partial charge in [0.05, 0.1) is 28.4 Å². The highest BCUT2D eigenvalue weighted by Gasteiger charge is 2.42. The minimum Gasteiger partial charge on any atom is -0.306 e. The minimum atomic E-state index is -4.61. The summed E-state index contributed by atoms with van der Waals surface area (Å²) in [6, 6.07) is 5.95. The van der Waals surface area contributed by atoms with Crippen LogP contribution >= 0.6 is 23.4 Å². The van der Waals surface area contributed by atoms with Crippen molar-refractivity contribution in [1.29, 1.82) is 0 Å². The summed E-state index contributed by atoms with van der Waals surface area (Å²) in [6.45, 7) is 3.30. The zero-order chi connectivity index (χ0) is 26.9. The fourth-order valence-electron chi connectivity index (χ4n) is 4.15. The third kappa shape index (κ3) is 6.29. The van der Waals surface area contributed by atoms with Gasteiger partial charge in [-0.2, -0.15) is 43.2 Å². The molecule has 0 saturated carbocycles. The summed E-state index contributed by atoms with van der Waals surface area (Å²) in [7, 11) is 0. The standard InChI is InChI=1S/C24H24ClF6N3OS/c1-14-11-16(6-8-17(14)23(26,27)28)32-21(35)34-13-22(2,9-4-10-36-3)20(33-34)15-5-7-18(19(25)12-15)24(29,30)31/h5-8,11-12H,4,9-10,13H2,1-3H3,(H,32,35). The Balaban J connectivity index is 1.90. The van der Waals surface area contributed by atoms with Gasteiger partial charge in [0.2, 0.25) is 0 Å². The number of hydrazone groups is 1. The van der Waals surface area contributed by atoms with Gasteiger partial charge in [0.15, 0.2) is 0 Å². The SMILES string of the molecule is CSCCCC1(C)CN(C(=O)Nc2ccc(C(F)(F)F)c(C)c2)N=C1c1ccc(C(F)(F)F)c(Cl)c1. The molecular formula is C24H24ClF6N3OS. The number of aryl methyl sites for hydroxylation is 1. The topological polar surface area (TPSA) is 44.7 Å². The van der Waals surface area contributed by atoms with Crippen molar-refractivity contribution in [2.24, 2.45) is 10.5 Å². The molecule has 2 aromatic carbocycles. The number of alkyl halides is 6. The third-order valence-corrected chi connectivity index (χ3v) is 6.94. The van der Waals surface area contributed by atoms with Crippen molar-refractivity contribution in [3.05, 3.63) is 63.7 Å². The maximum absolute atomic E-state index is 13.2. The number of carbonyl (C=O) groups excluding carboxylic acids is 1. The molecule has 2 amide bonds. The summed E-state index contributed by atoms with van der Waals surface area (Å²) in [6.07, 6.45) is -5.79. The van der Waals surface area contributed by atoms with Crippen LogP contribution in [0.25, 0.3) is 0 Å². The van der Waals surface area contributed by atoms with Crippen LogP contribution in [0.15, 0.2) is 41.5 Å². The van der Waals surface area contributed by atoms with E-state index in [0.29, 0.717) is 17.7 Å². The van der Waals surface area contributed by atoms with Crippen LogP contribution in [0.4, 0.5) is 36.8 Å². The van der Waals surface area contributed by atoms with E-state index in [1.165, 1.54) is 25.1 Å². The van der Waals surface area contributed by atoms with Crippen LogP contribution in [0.5, 0.6) is 0 Å². The highest BCUT2D eigenvalue weighted by Crippen LogP contribution is 2.40. The molecule has 1 aliphatic heterocycles. The van der Waals surface area contributed by atoms with E-state index in [1.54, 1.807) is 11.8 Å². The molecule has 1 heterocycles. The minimum absolute atomic E-state index is 0.0489. The number of hydrogen-bond donors (Lipinski definition) is 1. The molecule has 0 fully saturated rings. The second kappa shape index (κ2) is 10.5. The summed E-state index contributed by atoms with van der Waals surface area (Å²) in [5.74, 6) is 0.841. The molecule has 4 nitrogen and oxygen atoms in total. The first-order chi connectivity index (χ1) is 16.7. The zero-order valence-corrected chi connectivity index (χ0v) is 21.2. The lowest BCUT2D eigenvalue weighted by molar-refractivity contribution is -0.138. The third-order valence-electron chi connectivity index (χ3n) is 5.93. The fourth-order valence-corrected chi connectivity index (χ4v) is 4.87. The summed E-state index contributed by atoms with van der Waals surface area (Å²) >= 11 is 7.57. The highest BCUT2D eigenvalue weighted by molar-refractivity contribution is 7.98. The number of benzene rings is 2. The molecule has 1 aliphatic rings. The molecule has 0 aliphatic carbocycles. The average Bonchev–Trinajstić information content (AvgIpc) is 3.10. The van der Waals surface area contributed by atoms with Gasteiger partial charge in [-0.1, -0.05) is 24.6 Å². The van der Waals surface area contributed by atoms with Gasteiger partial charge < -0.3 is 5.32 Å². The summed E-state index contributed by atoms with van der Waals surface area (Å²) in [5, 5.41) is 7.64. The maximum atomic E-state index is 13.2. The van der Waals surface area contributed by atoms with E-state index in [0.717, 1.165) is 35.4 Å². The first kappa shape index (κ1) is 28.2. The fraction of sp³-hybridized carbons (Fsp3) is 0.417. The second-order valence-electron chi connectivity index (χ2n) is 8.81. The molecule has 1 atom stereocenters. The van der Waals surface area contributed by atoms with Crippen LogP contribution in [-0.2, 0) is 12.4 Å². The van der Waals surface area contributed by atoms with E-state index < -0.39 is 39.9 Å². The number of carbonyl (C=O) groups is 1. The lowest BCUT2D eigenvalue weighted by Gasteiger charge is -2.26. The Kier molecular flexibility index (Phi) is 8.24. The van der Waals surface area contributed by atoms with Crippen molar-refractivity contribution in [2.45, 2.75) is 39.0 Å². The van der Waals surface area contributed by atoms with Crippen molar-refractivity contribution in [1.82, 2.24) is 5.01 Å². The molecule has 2 aromatic rings. The predicted molar refractivity (Wildman–Crippen MR) is 131 cm³/mol. The Bertz CT molecular complexity index is 1170. The quantitative estimate of drug-likeness (QED) is 0.291. The first-order valence-electron chi connectivity index (χ1n) is 10.9. The molecule has 0 radical (unpaired) electrons. The van der Waals surface area contributed by atoms with Crippen molar-refractivity contribution < 1.29 is 31.1 Å². The molecule has 1 N–H and O–H groups in total. The molecule has 0 bridgehead atoms. The Labute approximate surface area is 214 Å². The summed E-state index contributed by atoms with van der Waals surface area (Å²) in [5.41, 5.74) is -1.56. The van der Waals surface area contributed by atoms with Crippen molar-refractivity contribution >= 4 is 40.8 Å². The molecular weight excluding hydrogens is 528 g/mol. The van der Waals surface area contributed by atoms with Crippen LogP contribution in [0, 0.1) is 12.3 Å². The van der Waals surface area contributed by atoms with E-state index in [2.05, 4.69) is 10.4 Å². The van der Waals surface area contributed by atoms with E-state index in [9.17, 15) is 31.1 Å². The Hall–Kier alpha value is -2.40. The number of nitrogens with one attached hydrogen (secondary N) is 1. The normalized spacial score (nSPS) is 18.4. The lowest BCUT2D eigenvalue weighted by atomic mass is 9.78. The molecule has 0 aromatic heterocycles. The monoisotopic (exact) mass is 551 g/mol. The summed E-state index contributed by atoms with van der Waals surface area (Å²) in [4.78, 5) is 13.0. The van der Waals surface area contributed by atoms with Gasteiger partial charge in [-0.25, -0.2) is 9.80 Å². The predicted octanol–water partition coefficient (Wildman–Crippen LogP) is 8.09. The van der Waals surface area contributed by atoms with Crippen LogP contribution < -0.4 is 5.32 Å². The van der Waals surface area contributed by atoms with Crippen molar-refractivity contribution in [3.63, 3.8) is 0 Å². The Morgan fingerprint density at radius 1 is 1.11 bits per heavy atom. The largest absolute Gasteiger partial charge is 0.417 e. The molecule has 36 heavy (non-hydrogen) atoms. The van der Waals surface area contributed by atoms with Crippen LogP contribution in [0.3, 0.4) is 0 Å². The number of urea groups is 1. The molecule has 1 unspecified atom stereocenters. The average molecular weight is 552 g/mol. The van der Waals surface area contributed by atoms with Crippen LogP contribution in [0.1, 0.15) is 42.0 Å². The van der Waals surface area contributed by atoms with Crippen molar-refractivity contribution in [2.75, 3.05) is 23.9 Å². The van der Waals surface area contributed by atoms with Crippen molar-refractivity contribution in [3.8, 4) is 0 Å². The number of thioether (sulfide) groups is 1. The number of hydrogen-bond acceptors (Lipinski definition) is 3. The number of halogens is 7. The highest BCUT2D eigenvalue weighted by atomic mass is 35.5. The first-order valence-corrected chi connectivity index (χ1v) is 12.6. The summed E-state index contributed by atoms with van der Waals surface area (Å²) < 4.78 is 78.6. The van der Waals surface area contributed by atoms with Crippen LogP contribution in [-0.4, -0.2) is 35.3 Å². The number of rotatable bonds is 6. The number of anilines is 1. The Morgan fingerprint density at radius 3 is 2.31 bits per heavy atom. The zero-order valence-electron chi connectivity index (χ0n) is 19.6. The van der Waals surface area contributed by atoms with Gasteiger partial charge in [0.1, 0.15) is 0 Å². The van der Waals surface area contributed by atoms with Gasteiger partial charge in [0, 0.05) is 11.1 Å². The molecule has 0 spiro atoms. The van der Waals surface area contributed by atoms with E-state index in [1.807, 2.05) is 13.2 Å². The van der Waals surface area contributed by atoms with Gasteiger partial charge in [0.25, 0.3) is 0 Å². The van der Waals surface area contributed by atoms with E-state index in [-0.39, 0.29) is 17.8 Å². The van der Waals surface area contributed by atoms with Gasteiger partial charge in [-0.15, -0.1) is 0 Å². The second-order valence-corrected chi connectivity index (χ2v) is 10.2. The number of amides is 2. The number of nitrogens with zero attached hydrogens (tertiary/aromatic N) is 2. The van der Waals surface area contributed by atoms with Crippen LogP contribution in [0.2, 0.25) is 5.02 Å². The Morgan fingerprint density at radius 2 is 1.75 bits per heavy atom. The van der Waals surface area contributed by atoms with Gasteiger partial charge >= 0.3 is 18.4 Å². The smallest absolute Gasteiger partial charge is 0.306 e. The molecule has 0 saturated heterocycles.